The van der Waals surface area contributed by atoms with Crippen molar-refractivity contribution in [3.8, 4) is 5.75 Å². The molecular formula is C20H25FN4O2. The molecule has 1 atom stereocenters. The number of aromatic nitrogens is 2. The summed E-state index contributed by atoms with van der Waals surface area (Å²) in [5.41, 5.74) is 0.720. The number of anilines is 1. The lowest BCUT2D eigenvalue weighted by Crippen LogP contribution is -2.32. The first-order valence-electron chi connectivity index (χ1n) is 9.72. The fourth-order valence-corrected chi connectivity index (χ4v) is 3.78. The number of halogens is 1. The standard InChI is InChI=1S/C20H25FN4O2/c21-17-12-14(7-8-19(17)27-16-5-1-2-6-16)23-20(26)18-9-11-25(24-18)15-4-3-10-22-13-15/h7-9,11-12,15-16,22H,1-6,10,13H2,(H,23,26). The Hall–Kier alpha value is -2.41. The lowest BCUT2D eigenvalue weighted by atomic mass is 10.1. The van der Waals surface area contributed by atoms with Crippen LogP contribution in [0.3, 0.4) is 0 Å². The Balaban J connectivity index is 1.39. The van der Waals surface area contributed by atoms with Crippen molar-refractivity contribution in [1.82, 2.24) is 15.1 Å². The van der Waals surface area contributed by atoms with Crippen molar-refractivity contribution in [2.45, 2.75) is 50.7 Å². The predicted molar refractivity (Wildman–Crippen MR) is 101 cm³/mol. The minimum absolute atomic E-state index is 0.0955. The van der Waals surface area contributed by atoms with Crippen molar-refractivity contribution in [3.63, 3.8) is 0 Å². The Labute approximate surface area is 158 Å². The highest BCUT2D eigenvalue weighted by Gasteiger charge is 2.20. The van der Waals surface area contributed by atoms with Gasteiger partial charge in [0.15, 0.2) is 17.3 Å². The number of carbonyl (C=O) groups excluding carboxylic acids is 1. The molecule has 2 N–H and O–H groups in total. The van der Waals surface area contributed by atoms with Gasteiger partial charge in [-0.3, -0.25) is 9.48 Å². The molecule has 1 amide bonds. The molecule has 1 aromatic carbocycles. The number of piperidine rings is 1. The second-order valence-electron chi connectivity index (χ2n) is 7.30. The Bertz CT molecular complexity index is 795. The van der Waals surface area contributed by atoms with E-state index in [0.717, 1.165) is 51.6 Å². The van der Waals surface area contributed by atoms with E-state index in [0.29, 0.717) is 11.4 Å². The van der Waals surface area contributed by atoms with E-state index in [9.17, 15) is 9.18 Å². The van der Waals surface area contributed by atoms with Crippen molar-refractivity contribution in [3.05, 3.63) is 42.0 Å². The normalized spacial score (nSPS) is 20.6. The molecule has 144 valence electrons. The highest BCUT2D eigenvalue weighted by molar-refractivity contribution is 6.02. The number of rotatable bonds is 5. The van der Waals surface area contributed by atoms with E-state index in [2.05, 4.69) is 15.7 Å². The summed E-state index contributed by atoms with van der Waals surface area (Å²) in [5, 5.41) is 10.4. The van der Waals surface area contributed by atoms with Gasteiger partial charge in [-0.25, -0.2) is 4.39 Å². The smallest absolute Gasteiger partial charge is 0.276 e. The quantitative estimate of drug-likeness (QED) is 0.843. The minimum atomic E-state index is -0.460. The molecule has 1 unspecified atom stereocenters. The van der Waals surface area contributed by atoms with Crippen LogP contribution in [0.2, 0.25) is 0 Å². The largest absolute Gasteiger partial charge is 0.487 e. The monoisotopic (exact) mass is 372 g/mol. The van der Waals surface area contributed by atoms with Crippen LogP contribution in [0.5, 0.6) is 5.75 Å². The number of carbonyl (C=O) groups is 1. The van der Waals surface area contributed by atoms with E-state index >= 15 is 0 Å². The molecule has 2 heterocycles. The summed E-state index contributed by atoms with van der Waals surface area (Å²) in [5.74, 6) is -0.561. The van der Waals surface area contributed by atoms with Gasteiger partial charge in [0, 0.05) is 24.5 Å². The molecule has 4 rings (SSSR count). The molecule has 1 aliphatic heterocycles. The van der Waals surface area contributed by atoms with Crippen LogP contribution in [0, 0.1) is 5.82 Å². The van der Waals surface area contributed by atoms with E-state index in [-0.39, 0.29) is 23.8 Å². The molecule has 1 saturated carbocycles. The molecule has 0 bridgehead atoms. The third-order valence-electron chi connectivity index (χ3n) is 5.27. The van der Waals surface area contributed by atoms with Crippen LogP contribution in [0.1, 0.15) is 55.1 Å². The zero-order valence-corrected chi connectivity index (χ0v) is 15.3. The van der Waals surface area contributed by atoms with Crippen LogP contribution in [-0.2, 0) is 0 Å². The summed E-state index contributed by atoms with van der Waals surface area (Å²) < 4.78 is 21.8. The molecule has 27 heavy (non-hydrogen) atoms. The number of nitrogens with one attached hydrogen (secondary N) is 2. The summed E-state index contributed by atoms with van der Waals surface area (Å²) in [4.78, 5) is 12.4. The van der Waals surface area contributed by atoms with E-state index in [4.69, 9.17) is 4.74 Å². The van der Waals surface area contributed by atoms with E-state index in [1.807, 2.05) is 10.9 Å². The van der Waals surface area contributed by atoms with Crippen LogP contribution in [0.15, 0.2) is 30.5 Å². The third-order valence-corrected chi connectivity index (χ3v) is 5.27. The van der Waals surface area contributed by atoms with Gasteiger partial charge in [-0.05, 0) is 63.3 Å². The van der Waals surface area contributed by atoms with Gasteiger partial charge in [0.05, 0.1) is 12.1 Å². The van der Waals surface area contributed by atoms with Crippen LogP contribution in [0.25, 0.3) is 0 Å². The summed E-state index contributed by atoms with van der Waals surface area (Å²) in [6.45, 7) is 1.88. The maximum Gasteiger partial charge on any atom is 0.276 e. The van der Waals surface area contributed by atoms with Crippen LogP contribution < -0.4 is 15.4 Å². The number of hydrogen-bond donors (Lipinski definition) is 2. The van der Waals surface area contributed by atoms with Gasteiger partial charge in [0.1, 0.15) is 0 Å². The Kier molecular flexibility index (Phi) is 5.38. The summed E-state index contributed by atoms with van der Waals surface area (Å²) in [6.07, 6.45) is 8.26. The Morgan fingerprint density at radius 2 is 2.07 bits per heavy atom. The first kappa shape index (κ1) is 18.0. The Morgan fingerprint density at radius 1 is 1.22 bits per heavy atom. The maximum absolute atomic E-state index is 14.3. The lowest BCUT2D eigenvalue weighted by Gasteiger charge is -2.22. The summed E-state index contributed by atoms with van der Waals surface area (Å²) >= 11 is 0. The second kappa shape index (κ2) is 8.08. The van der Waals surface area contributed by atoms with Crippen molar-refractivity contribution in [1.29, 1.82) is 0 Å². The predicted octanol–water partition coefficient (Wildman–Crippen LogP) is 3.52. The fraction of sp³-hybridized carbons (Fsp3) is 0.500. The van der Waals surface area contributed by atoms with Crippen molar-refractivity contribution >= 4 is 11.6 Å². The average Bonchev–Trinajstić information content (AvgIpc) is 3.37. The molecule has 1 aliphatic carbocycles. The van der Waals surface area contributed by atoms with Crippen LogP contribution in [0.4, 0.5) is 10.1 Å². The molecule has 1 saturated heterocycles. The molecular weight excluding hydrogens is 347 g/mol. The molecule has 0 radical (unpaired) electrons. The molecule has 2 aromatic rings. The highest BCUT2D eigenvalue weighted by Crippen LogP contribution is 2.27. The number of hydrogen-bond acceptors (Lipinski definition) is 4. The van der Waals surface area contributed by atoms with Crippen LogP contribution in [-0.4, -0.2) is 34.9 Å². The maximum atomic E-state index is 14.3. The van der Waals surface area contributed by atoms with Gasteiger partial charge in [-0.2, -0.15) is 5.10 Å². The third kappa shape index (κ3) is 4.30. The van der Waals surface area contributed by atoms with Gasteiger partial charge < -0.3 is 15.4 Å². The van der Waals surface area contributed by atoms with Gasteiger partial charge in [-0.15, -0.1) is 0 Å². The van der Waals surface area contributed by atoms with Gasteiger partial charge in [0.2, 0.25) is 0 Å². The van der Waals surface area contributed by atoms with Crippen molar-refractivity contribution in [2.24, 2.45) is 0 Å². The van der Waals surface area contributed by atoms with E-state index in [1.54, 1.807) is 18.2 Å². The van der Waals surface area contributed by atoms with Gasteiger partial charge >= 0.3 is 0 Å². The first-order chi connectivity index (χ1) is 13.2. The second-order valence-corrected chi connectivity index (χ2v) is 7.30. The lowest BCUT2D eigenvalue weighted by molar-refractivity contribution is 0.102. The van der Waals surface area contributed by atoms with Crippen LogP contribution >= 0.6 is 0 Å². The van der Waals surface area contributed by atoms with Crippen molar-refractivity contribution in [2.75, 3.05) is 18.4 Å². The van der Waals surface area contributed by atoms with Crippen molar-refractivity contribution < 1.29 is 13.9 Å². The van der Waals surface area contributed by atoms with E-state index < -0.39 is 5.82 Å². The summed E-state index contributed by atoms with van der Waals surface area (Å²) in [6, 6.07) is 6.50. The zero-order valence-electron chi connectivity index (χ0n) is 15.3. The number of nitrogens with zero attached hydrogens (tertiary/aromatic N) is 2. The zero-order chi connectivity index (χ0) is 18.6. The molecule has 2 fully saturated rings. The first-order valence-corrected chi connectivity index (χ1v) is 9.72. The van der Waals surface area contributed by atoms with Gasteiger partial charge in [0.25, 0.3) is 5.91 Å². The Morgan fingerprint density at radius 3 is 2.81 bits per heavy atom. The topological polar surface area (TPSA) is 68.2 Å². The average molecular weight is 372 g/mol. The molecule has 2 aliphatic rings. The molecule has 7 heteroatoms. The molecule has 0 spiro atoms. The SMILES string of the molecule is O=C(Nc1ccc(OC2CCCC2)c(F)c1)c1ccn(C2CCCNC2)n1. The molecule has 1 aromatic heterocycles. The summed E-state index contributed by atoms with van der Waals surface area (Å²) in [7, 11) is 0. The minimum Gasteiger partial charge on any atom is -0.487 e. The van der Waals surface area contributed by atoms with Gasteiger partial charge in [-0.1, -0.05) is 0 Å². The number of benzene rings is 1. The van der Waals surface area contributed by atoms with E-state index in [1.165, 1.54) is 6.07 Å². The highest BCUT2D eigenvalue weighted by atomic mass is 19.1. The fourth-order valence-electron chi connectivity index (χ4n) is 3.78. The number of amides is 1. The number of ether oxygens (including phenoxy) is 1. The molecule has 6 nitrogen and oxygen atoms in total.